The Balaban J connectivity index is 1.82. The normalized spacial score (nSPS) is 11.2. The number of anilines is 1. The highest BCUT2D eigenvalue weighted by molar-refractivity contribution is 6.32. The topological polar surface area (TPSA) is 112 Å². The third-order valence-corrected chi connectivity index (χ3v) is 4.60. The lowest BCUT2D eigenvalue weighted by Gasteiger charge is -2.07. The molecule has 0 atom stereocenters. The lowest BCUT2D eigenvalue weighted by atomic mass is 10.2. The Morgan fingerprint density at radius 3 is 2.59 bits per heavy atom. The van der Waals surface area contributed by atoms with Gasteiger partial charge in [-0.3, -0.25) is 19.6 Å². The van der Waals surface area contributed by atoms with E-state index in [1.807, 2.05) is 0 Å². The van der Waals surface area contributed by atoms with E-state index in [1.54, 1.807) is 0 Å². The summed E-state index contributed by atoms with van der Waals surface area (Å²) in [7, 11) is 1.32. The van der Waals surface area contributed by atoms with Crippen molar-refractivity contribution in [3.63, 3.8) is 0 Å². The van der Waals surface area contributed by atoms with Crippen LogP contribution in [0, 0.1) is 10.1 Å². The Kier molecular flexibility index (Phi) is 6.67. The van der Waals surface area contributed by atoms with E-state index in [9.17, 15) is 32.5 Å². The number of amides is 1. The molecule has 9 nitrogen and oxygen atoms in total. The number of carbonyl (C=O) groups excluding carboxylic acids is 1. The summed E-state index contributed by atoms with van der Waals surface area (Å²) in [6.07, 6.45) is -6.35. The fraction of sp³-hybridized carbons (Fsp3) is 0.222. The zero-order valence-corrected chi connectivity index (χ0v) is 16.8. The van der Waals surface area contributed by atoms with Gasteiger partial charge in [0.15, 0.2) is 5.76 Å². The molecule has 170 valence electrons. The highest BCUT2D eigenvalue weighted by Gasteiger charge is 2.28. The van der Waals surface area contributed by atoms with Gasteiger partial charge in [-0.1, -0.05) is 11.6 Å². The summed E-state index contributed by atoms with van der Waals surface area (Å²) >= 11 is 5.59. The number of rotatable bonds is 8. The van der Waals surface area contributed by atoms with E-state index in [1.165, 1.54) is 31.4 Å². The minimum Gasteiger partial charge on any atom is -0.496 e. The third kappa shape index (κ3) is 4.66. The second kappa shape index (κ2) is 9.26. The van der Waals surface area contributed by atoms with E-state index in [0.717, 1.165) is 6.07 Å². The van der Waals surface area contributed by atoms with Gasteiger partial charge in [-0.25, -0.2) is 17.6 Å². The minimum absolute atomic E-state index is 0.0683. The molecule has 2 aromatic heterocycles. The molecule has 0 aliphatic carbocycles. The molecule has 0 bridgehead atoms. The van der Waals surface area contributed by atoms with Crippen LogP contribution in [-0.4, -0.2) is 27.7 Å². The third-order valence-electron chi connectivity index (χ3n) is 4.21. The van der Waals surface area contributed by atoms with Crippen molar-refractivity contribution in [2.45, 2.75) is 19.4 Å². The molecule has 2 heterocycles. The number of halogens is 5. The van der Waals surface area contributed by atoms with Crippen molar-refractivity contribution < 1.29 is 36.4 Å². The van der Waals surface area contributed by atoms with Crippen LogP contribution in [0.15, 0.2) is 34.7 Å². The van der Waals surface area contributed by atoms with Crippen LogP contribution in [0.1, 0.15) is 40.6 Å². The number of furan rings is 1. The summed E-state index contributed by atoms with van der Waals surface area (Å²) < 4.78 is 63.1. The predicted molar refractivity (Wildman–Crippen MR) is 103 cm³/mol. The number of carbonyl (C=O) groups is 1. The van der Waals surface area contributed by atoms with Crippen molar-refractivity contribution in [1.29, 1.82) is 0 Å². The first kappa shape index (κ1) is 23.1. The minimum atomic E-state index is -3.18. The molecular formula is C18H13ClF4N4O5. The van der Waals surface area contributed by atoms with E-state index in [-0.39, 0.29) is 23.0 Å². The summed E-state index contributed by atoms with van der Waals surface area (Å²) in [5.41, 5.74) is -2.49. The second-order valence-corrected chi connectivity index (χ2v) is 6.58. The van der Waals surface area contributed by atoms with Crippen molar-refractivity contribution in [3.05, 3.63) is 68.4 Å². The number of ether oxygens (including phenoxy) is 1. The number of nitro groups is 1. The standard InChI is InChI=1S/C18H13ClF4N4O5/c1-31-8-2-4-10(11(6-8)27(29)30)24-18(28)12-5-3-9(32-12)7-26-15(17(22)23)13(19)14(25-26)16(20)21/h2-6,16-17H,7H2,1H3,(H,24,28). The van der Waals surface area contributed by atoms with Gasteiger partial charge in [0.05, 0.1) is 29.7 Å². The zero-order chi connectivity index (χ0) is 23.6. The van der Waals surface area contributed by atoms with Crippen molar-refractivity contribution >= 4 is 28.9 Å². The molecule has 0 fully saturated rings. The molecule has 1 aromatic carbocycles. The van der Waals surface area contributed by atoms with Gasteiger partial charge < -0.3 is 14.5 Å². The molecule has 0 spiro atoms. The number of aromatic nitrogens is 2. The summed E-state index contributed by atoms with van der Waals surface area (Å²) in [6, 6.07) is 6.18. The van der Waals surface area contributed by atoms with E-state index >= 15 is 0 Å². The molecule has 1 amide bonds. The van der Waals surface area contributed by atoms with E-state index < -0.39 is 52.3 Å². The van der Waals surface area contributed by atoms with Crippen molar-refractivity contribution in [2.24, 2.45) is 0 Å². The Morgan fingerprint density at radius 2 is 2.00 bits per heavy atom. The number of nitrogens with one attached hydrogen (secondary N) is 1. The van der Waals surface area contributed by atoms with Crippen LogP contribution in [0.25, 0.3) is 0 Å². The molecule has 0 saturated carbocycles. The first-order valence-electron chi connectivity index (χ1n) is 8.67. The molecule has 14 heteroatoms. The van der Waals surface area contributed by atoms with Crippen LogP contribution >= 0.6 is 11.6 Å². The van der Waals surface area contributed by atoms with E-state index in [0.29, 0.717) is 4.68 Å². The molecule has 3 rings (SSSR count). The van der Waals surface area contributed by atoms with Crippen molar-refractivity contribution in [1.82, 2.24) is 9.78 Å². The van der Waals surface area contributed by atoms with Gasteiger partial charge >= 0.3 is 0 Å². The predicted octanol–water partition coefficient (Wildman–Crippen LogP) is 5.22. The van der Waals surface area contributed by atoms with Gasteiger partial charge in [-0.05, 0) is 24.3 Å². The Bertz CT molecular complexity index is 1160. The van der Waals surface area contributed by atoms with Crippen LogP contribution < -0.4 is 10.1 Å². The molecule has 0 saturated heterocycles. The summed E-state index contributed by atoms with van der Waals surface area (Å²) in [5, 5.41) is 16.1. The first-order valence-corrected chi connectivity index (χ1v) is 9.05. The number of hydrogen-bond donors (Lipinski definition) is 1. The van der Waals surface area contributed by atoms with Crippen molar-refractivity contribution in [3.8, 4) is 5.75 Å². The lowest BCUT2D eigenvalue weighted by Crippen LogP contribution is -2.12. The maximum atomic E-state index is 13.3. The second-order valence-electron chi connectivity index (χ2n) is 6.20. The molecule has 0 aliphatic heterocycles. The van der Waals surface area contributed by atoms with Crippen LogP contribution in [0.2, 0.25) is 5.02 Å². The smallest absolute Gasteiger partial charge is 0.296 e. The van der Waals surface area contributed by atoms with Gasteiger partial charge in [0, 0.05) is 0 Å². The highest BCUT2D eigenvalue weighted by Crippen LogP contribution is 2.35. The maximum Gasteiger partial charge on any atom is 0.296 e. The number of benzene rings is 1. The van der Waals surface area contributed by atoms with Crippen LogP contribution in [0.5, 0.6) is 5.75 Å². The van der Waals surface area contributed by atoms with Gasteiger partial charge in [-0.15, -0.1) is 0 Å². The molecule has 0 aliphatic rings. The van der Waals surface area contributed by atoms with Gasteiger partial charge in [0.1, 0.15) is 28.6 Å². The van der Waals surface area contributed by atoms with Crippen molar-refractivity contribution in [2.75, 3.05) is 12.4 Å². The summed E-state index contributed by atoms with van der Waals surface area (Å²) in [5.74, 6) is -1.05. The Hall–Kier alpha value is -3.61. The molecule has 1 N–H and O–H groups in total. The van der Waals surface area contributed by atoms with E-state index in [4.69, 9.17) is 20.8 Å². The SMILES string of the molecule is COc1ccc(NC(=O)c2ccc(Cn3nc(C(F)F)c(Cl)c3C(F)F)o2)c([N+](=O)[O-])c1. The summed E-state index contributed by atoms with van der Waals surface area (Å²) in [4.78, 5) is 22.9. The largest absolute Gasteiger partial charge is 0.496 e. The zero-order valence-electron chi connectivity index (χ0n) is 16.0. The van der Waals surface area contributed by atoms with Gasteiger partial charge in [-0.2, -0.15) is 5.10 Å². The number of methoxy groups -OCH3 is 1. The average Bonchev–Trinajstić information content (AvgIpc) is 3.32. The van der Waals surface area contributed by atoms with Gasteiger partial charge in [0.25, 0.3) is 24.4 Å². The van der Waals surface area contributed by atoms with E-state index in [2.05, 4.69) is 10.4 Å². The summed E-state index contributed by atoms with van der Waals surface area (Å²) in [6.45, 7) is -0.512. The number of alkyl halides is 4. The van der Waals surface area contributed by atoms with Gasteiger partial charge in [0.2, 0.25) is 0 Å². The Labute approximate surface area is 181 Å². The van der Waals surface area contributed by atoms with Crippen LogP contribution in [-0.2, 0) is 6.54 Å². The number of nitro benzene ring substituents is 1. The van der Waals surface area contributed by atoms with Crippen LogP contribution in [0.3, 0.4) is 0 Å². The fourth-order valence-electron chi connectivity index (χ4n) is 2.75. The molecular weight excluding hydrogens is 464 g/mol. The Morgan fingerprint density at radius 1 is 1.28 bits per heavy atom. The lowest BCUT2D eigenvalue weighted by molar-refractivity contribution is -0.384. The molecule has 32 heavy (non-hydrogen) atoms. The van der Waals surface area contributed by atoms with Crippen LogP contribution in [0.4, 0.5) is 28.9 Å². The fourth-order valence-corrected chi connectivity index (χ4v) is 3.05. The molecule has 3 aromatic rings. The monoisotopic (exact) mass is 476 g/mol. The highest BCUT2D eigenvalue weighted by atomic mass is 35.5. The number of hydrogen-bond acceptors (Lipinski definition) is 6. The molecule has 0 radical (unpaired) electrons. The average molecular weight is 477 g/mol. The quantitative estimate of drug-likeness (QED) is 0.271. The maximum absolute atomic E-state index is 13.3. The number of nitrogens with zero attached hydrogens (tertiary/aromatic N) is 3. The molecule has 0 unspecified atom stereocenters. The first-order chi connectivity index (χ1) is 15.1.